The number of aliphatic hydroxyl groups is 1. The van der Waals surface area contributed by atoms with E-state index in [9.17, 15) is 31.5 Å². The number of anilines is 2. The van der Waals surface area contributed by atoms with E-state index in [2.05, 4.69) is 0 Å². The van der Waals surface area contributed by atoms with E-state index in [1.54, 1.807) is 6.07 Å². The van der Waals surface area contributed by atoms with Crippen molar-refractivity contribution in [3.05, 3.63) is 47.5 Å². The van der Waals surface area contributed by atoms with Crippen LogP contribution in [0.1, 0.15) is 43.2 Å². The minimum Gasteiger partial charge on any atom is -0.485 e. The van der Waals surface area contributed by atoms with Crippen molar-refractivity contribution in [2.24, 2.45) is 0 Å². The number of alkyl halides is 3. The Kier molecular flexibility index (Phi) is 5.22. The molecular formula is C25H20F3N3O5S2. The number of sulfone groups is 1. The normalized spacial score (nSPS) is 24.4. The van der Waals surface area contributed by atoms with E-state index >= 15 is 0 Å². The molecule has 0 bridgehead atoms. The lowest BCUT2D eigenvalue weighted by Gasteiger charge is -2.43. The first-order valence-electron chi connectivity index (χ1n) is 11.9. The number of halogens is 3. The van der Waals surface area contributed by atoms with Crippen LogP contribution < -0.4 is 14.5 Å². The third-order valence-electron chi connectivity index (χ3n) is 7.80. The molecule has 4 aliphatic rings. The van der Waals surface area contributed by atoms with Gasteiger partial charge in [-0.05, 0) is 80.7 Å². The molecule has 1 spiro atoms. The van der Waals surface area contributed by atoms with Crippen molar-refractivity contribution in [2.75, 3.05) is 15.6 Å². The average molecular weight is 564 g/mol. The van der Waals surface area contributed by atoms with Crippen LogP contribution in [-0.4, -0.2) is 47.5 Å². The fraction of sp³-hybridized carbons (Fsp3) is 0.400. The molecule has 6 rings (SSSR count). The monoisotopic (exact) mass is 563 g/mol. The maximum absolute atomic E-state index is 13.7. The molecule has 1 amide bonds. The number of carbonyl (C=O) groups excluding carboxylic acids is 1. The summed E-state index contributed by atoms with van der Waals surface area (Å²) in [5, 5.41) is 19.4. The highest BCUT2D eigenvalue weighted by molar-refractivity contribution is 7.91. The zero-order valence-electron chi connectivity index (χ0n) is 19.7. The molecule has 2 aliphatic heterocycles. The Balaban J connectivity index is 1.42. The third-order valence-corrected chi connectivity index (χ3v) is 9.90. The highest BCUT2D eigenvalue weighted by Gasteiger charge is 2.60. The van der Waals surface area contributed by atoms with Crippen molar-refractivity contribution in [3.63, 3.8) is 0 Å². The molecule has 1 saturated heterocycles. The van der Waals surface area contributed by atoms with E-state index < -0.39 is 56.0 Å². The molecule has 2 saturated carbocycles. The fourth-order valence-electron chi connectivity index (χ4n) is 5.38. The predicted molar refractivity (Wildman–Crippen MR) is 132 cm³/mol. The molecule has 2 aliphatic carbocycles. The van der Waals surface area contributed by atoms with Gasteiger partial charge in [-0.3, -0.25) is 9.69 Å². The first-order chi connectivity index (χ1) is 17.8. The topological polar surface area (TPSA) is 111 Å². The summed E-state index contributed by atoms with van der Waals surface area (Å²) in [5.41, 5.74) is -3.93. The number of nitriles is 1. The summed E-state index contributed by atoms with van der Waals surface area (Å²) in [6.45, 7) is 0. The first kappa shape index (κ1) is 25.1. The Morgan fingerprint density at radius 3 is 2.37 bits per heavy atom. The fourth-order valence-corrected chi connectivity index (χ4v) is 7.53. The van der Waals surface area contributed by atoms with Gasteiger partial charge in [-0.2, -0.15) is 18.4 Å². The van der Waals surface area contributed by atoms with Gasteiger partial charge in [0.15, 0.2) is 14.9 Å². The zero-order chi connectivity index (χ0) is 27.3. The van der Waals surface area contributed by atoms with Crippen molar-refractivity contribution in [2.45, 2.75) is 60.4 Å². The van der Waals surface area contributed by atoms with Crippen LogP contribution in [0.3, 0.4) is 0 Å². The Morgan fingerprint density at radius 2 is 1.79 bits per heavy atom. The number of hydrogen-bond donors (Lipinski definition) is 1. The minimum absolute atomic E-state index is 0.0863. The smallest absolute Gasteiger partial charge is 0.417 e. The number of fused-ring (bicyclic) bond motifs is 1. The molecule has 13 heteroatoms. The molecule has 0 radical (unpaired) electrons. The molecule has 8 nitrogen and oxygen atoms in total. The summed E-state index contributed by atoms with van der Waals surface area (Å²) < 4.78 is 73.0. The van der Waals surface area contributed by atoms with E-state index in [4.69, 9.17) is 22.2 Å². The van der Waals surface area contributed by atoms with Crippen molar-refractivity contribution in [1.29, 1.82) is 5.26 Å². The predicted octanol–water partition coefficient (Wildman–Crippen LogP) is 3.70. The Labute approximate surface area is 221 Å². The van der Waals surface area contributed by atoms with Crippen LogP contribution in [0.2, 0.25) is 0 Å². The van der Waals surface area contributed by atoms with E-state index in [1.807, 2.05) is 0 Å². The highest BCUT2D eigenvalue weighted by Crippen LogP contribution is 2.50. The van der Waals surface area contributed by atoms with Crippen LogP contribution in [-0.2, 0) is 20.8 Å². The lowest BCUT2D eigenvalue weighted by atomic mass is 9.75. The van der Waals surface area contributed by atoms with Crippen LogP contribution in [0.25, 0.3) is 0 Å². The summed E-state index contributed by atoms with van der Waals surface area (Å²) in [4.78, 5) is 16.1. The van der Waals surface area contributed by atoms with Crippen LogP contribution in [0.5, 0.6) is 5.75 Å². The van der Waals surface area contributed by atoms with Gasteiger partial charge >= 0.3 is 6.18 Å². The summed E-state index contributed by atoms with van der Waals surface area (Å²) in [6.07, 6.45) is -3.37. The zero-order valence-corrected chi connectivity index (χ0v) is 21.3. The van der Waals surface area contributed by atoms with E-state index in [0.717, 1.165) is 17.0 Å². The van der Waals surface area contributed by atoms with Gasteiger partial charge in [0, 0.05) is 5.69 Å². The molecule has 2 aromatic carbocycles. The number of hydrogen-bond acceptors (Lipinski definition) is 7. The largest absolute Gasteiger partial charge is 0.485 e. The van der Waals surface area contributed by atoms with E-state index in [0.29, 0.717) is 37.8 Å². The van der Waals surface area contributed by atoms with Crippen LogP contribution in [0.4, 0.5) is 24.5 Å². The number of rotatable bonds is 3. The second-order valence-electron chi connectivity index (χ2n) is 10.1. The van der Waals surface area contributed by atoms with Crippen LogP contribution in [0.15, 0.2) is 41.3 Å². The number of ether oxygens (including phenoxy) is 1. The van der Waals surface area contributed by atoms with E-state index in [-0.39, 0.29) is 21.4 Å². The molecule has 1 atom stereocenters. The lowest BCUT2D eigenvalue weighted by molar-refractivity contribution is -0.137. The van der Waals surface area contributed by atoms with Crippen molar-refractivity contribution < 1.29 is 36.2 Å². The number of carbonyl (C=O) groups is 1. The molecule has 3 fully saturated rings. The maximum atomic E-state index is 13.7. The highest BCUT2D eigenvalue weighted by atomic mass is 32.2. The molecular weight excluding hydrogens is 543 g/mol. The SMILES string of the molecule is N#Cc1ccc(N2C(=O)C3(CCC3)N(c3ccc4c(c3)S(=O)(=O)CC(C3(O)CC3)O4)C2=S)cc1C(F)(F)F. The Hall–Kier alpha value is -3.21. The van der Waals surface area contributed by atoms with Crippen molar-refractivity contribution >= 4 is 44.4 Å². The Bertz CT molecular complexity index is 1560. The first-order valence-corrected chi connectivity index (χ1v) is 13.9. The number of benzene rings is 2. The standard InChI is InChI=1S/C25H20F3N3O5S2/c26-25(27,28)17-10-15(3-2-14(17)12-29)30-21(32)23(6-1-7-23)31(22(30)37)16-4-5-18-19(11-16)38(34,35)13-20(36-18)24(33)8-9-24/h2-5,10-11,20,33H,1,6-9,13H2. The van der Waals surface area contributed by atoms with Gasteiger partial charge in [-0.25, -0.2) is 8.42 Å². The molecule has 2 aromatic rings. The van der Waals surface area contributed by atoms with Gasteiger partial charge in [-0.15, -0.1) is 0 Å². The lowest BCUT2D eigenvalue weighted by Crippen LogP contribution is -2.55. The summed E-state index contributed by atoms with van der Waals surface area (Å²) in [5.74, 6) is -0.825. The molecule has 1 unspecified atom stereocenters. The molecule has 0 aromatic heterocycles. The van der Waals surface area contributed by atoms with E-state index in [1.165, 1.54) is 29.2 Å². The van der Waals surface area contributed by atoms with Crippen LogP contribution >= 0.6 is 12.2 Å². The Morgan fingerprint density at radius 1 is 1.11 bits per heavy atom. The van der Waals surface area contributed by atoms with Gasteiger partial charge in [0.2, 0.25) is 0 Å². The number of nitrogens with zero attached hydrogens (tertiary/aromatic N) is 3. The van der Waals surface area contributed by atoms with Gasteiger partial charge in [-0.1, -0.05) is 0 Å². The second-order valence-corrected chi connectivity index (χ2v) is 12.5. The quantitative estimate of drug-likeness (QED) is 0.563. The van der Waals surface area contributed by atoms with Gasteiger partial charge in [0.1, 0.15) is 27.9 Å². The van der Waals surface area contributed by atoms with Crippen molar-refractivity contribution in [1.82, 2.24) is 0 Å². The minimum atomic E-state index is -4.82. The number of amides is 1. The van der Waals surface area contributed by atoms with Gasteiger partial charge < -0.3 is 14.7 Å². The van der Waals surface area contributed by atoms with Gasteiger partial charge in [0.05, 0.1) is 28.6 Å². The second kappa shape index (κ2) is 7.91. The summed E-state index contributed by atoms with van der Waals surface area (Å²) in [6, 6.07) is 8.85. The van der Waals surface area contributed by atoms with Crippen LogP contribution in [0, 0.1) is 11.3 Å². The maximum Gasteiger partial charge on any atom is 0.417 e. The summed E-state index contributed by atoms with van der Waals surface area (Å²) in [7, 11) is -3.85. The van der Waals surface area contributed by atoms with Gasteiger partial charge in [0.25, 0.3) is 5.91 Å². The third kappa shape index (κ3) is 3.54. The molecule has 198 valence electrons. The molecule has 38 heavy (non-hydrogen) atoms. The molecule has 2 heterocycles. The average Bonchev–Trinajstić information content (AvgIpc) is 3.53. The number of thiocarbonyl (C=S) groups is 1. The van der Waals surface area contributed by atoms with Crippen molar-refractivity contribution in [3.8, 4) is 11.8 Å². The summed E-state index contributed by atoms with van der Waals surface area (Å²) >= 11 is 5.61. The molecule has 1 N–H and O–H groups in total.